The van der Waals surface area contributed by atoms with Crippen LogP contribution < -0.4 is 14.2 Å². The van der Waals surface area contributed by atoms with Crippen LogP contribution in [0.2, 0.25) is 0 Å². The third kappa shape index (κ3) is 3.30. The first kappa shape index (κ1) is 15.8. The number of fused-ring (bicyclic) bond motifs is 1. The highest BCUT2D eigenvalue weighted by Crippen LogP contribution is 2.33. The van der Waals surface area contributed by atoms with Crippen molar-refractivity contribution in [3.8, 4) is 11.5 Å². The van der Waals surface area contributed by atoms with E-state index in [1.54, 1.807) is 25.1 Å². The van der Waals surface area contributed by atoms with E-state index >= 15 is 0 Å². The second-order valence-corrected chi connectivity index (χ2v) is 6.94. The Morgan fingerprint density at radius 2 is 1.96 bits per heavy atom. The summed E-state index contributed by atoms with van der Waals surface area (Å²) >= 11 is 0. The van der Waals surface area contributed by atoms with Gasteiger partial charge in [0.2, 0.25) is 10.0 Å². The van der Waals surface area contributed by atoms with E-state index in [1.807, 2.05) is 0 Å². The van der Waals surface area contributed by atoms with E-state index in [9.17, 15) is 12.8 Å². The molecule has 0 fully saturated rings. The molecule has 0 aromatic heterocycles. The van der Waals surface area contributed by atoms with Crippen LogP contribution in [0.1, 0.15) is 11.1 Å². The molecule has 0 spiro atoms. The van der Waals surface area contributed by atoms with Gasteiger partial charge in [0.25, 0.3) is 0 Å². The van der Waals surface area contributed by atoms with Crippen LogP contribution in [0.4, 0.5) is 4.39 Å². The minimum absolute atomic E-state index is 0.0117. The number of hydrogen-bond acceptors (Lipinski definition) is 4. The molecule has 1 heterocycles. The van der Waals surface area contributed by atoms with Gasteiger partial charge in [0.05, 0.1) is 0 Å². The first-order valence-corrected chi connectivity index (χ1v) is 8.59. The summed E-state index contributed by atoms with van der Waals surface area (Å²) in [6, 6.07) is 9.22. The Balaban J connectivity index is 1.84. The Hall–Kier alpha value is -2.12. The highest BCUT2D eigenvalue weighted by atomic mass is 32.2. The van der Waals surface area contributed by atoms with Crippen molar-refractivity contribution in [1.82, 2.24) is 4.72 Å². The van der Waals surface area contributed by atoms with Gasteiger partial charge < -0.3 is 9.47 Å². The Labute approximate surface area is 134 Å². The molecule has 0 bridgehead atoms. The van der Waals surface area contributed by atoms with Crippen LogP contribution in [0.15, 0.2) is 41.3 Å². The molecule has 0 atom stereocenters. The maximum absolute atomic E-state index is 13.8. The zero-order valence-electron chi connectivity index (χ0n) is 12.5. The smallest absolute Gasteiger partial charge is 0.243 e. The van der Waals surface area contributed by atoms with Crippen LogP contribution in [0.25, 0.3) is 0 Å². The summed E-state index contributed by atoms with van der Waals surface area (Å²) < 4.78 is 51.8. The lowest BCUT2D eigenvalue weighted by Gasteiger charge is -2.21. The van der Waals surface area contributed by atoms with Gasteiger partial charge >= 0.3 is 0 Å². The number of ether oxygens (including phenoxy) is 2. The van der Waals surface area contributed by atoms with Crippen LogP contribution in [0.5, 0.6) is 11.5 Å². The van der Waals surface area contributed by atoms with Crippen molar-refractivity contribution < 1.29 is 22.3 Å². The van der Waals surface area contributed by atoms with Gasteiger partial charge in [0, 0.05) is 12.1 Å². The van der Waals surface area contributed by atoms with E-state index in [2.05, 4.69) is 4.72 Å². The summed E-state index contributed by atoms with van der Waals surface area (Å²) in [5.74, 6) is 0.318. The summed E-state index contributed by atoms with van der Waals surface area (Å²) in [5, 5.41) is 0. The van der Waals surface area contributed by atoms with Gasteiger partial charge in [-0.1, -0.05) is 18.2 Å². The fourth-order valence-corrected chi connectivity index (χ4v) is 3.51. The third-order valence-electron chi connectivity index (χ3n) is 3.48. The van der Waals surface area contributed by atoms with Crippen LogP contribution in [0, 0.1) is 12.7 Å². The Morgan fingerprint density at radius 3 is 2.78 bits per heavy atom. The van der Waals surface area contributed by atoms with Crippen molar-refractivity contribution in [2.75, 3.05) is 13.2 Å². The van der Waals surface area contributed by atoms with Gasteiger partial charge in [-0.15, -0.1) is 0 Å². The highest BCUT2D eigenvalue weighted by molar-refractivity contribution is 7.89. The molecular weight excluding hydrogens is 321 g/mol. The third-order valence-corrected chi connectivity index (χ3v) is 4.89. The number of benzene rings is 2. The molecule has 122 valence electrons. The van der Waals surface area contributed by atoms with Gasteiger partial charge in [0.1, 0.15) is 23.9 Å². The number of rotatable bonds is 4. The van der Waals surface area contributed by atoms with Crippen molar-refractivity contribution in [1.29, 1.82) is 0 Å². The van der Waals surface area contributed by atoms with Crippen LogP contribution in [-0.2, 0) is 16.6 Å². The van der Waals surface area contributed by atoms with E-state index in [1.165, 1.54) is 12.1 Å². The lowest BCUT2D eigenvalue weighted by Crippen LogP contribution is -2.25. The van der Waals surface area contributed by atoms with E-state index in [0.29, 0.717) is 35.8 Å². The fraction of sp³-hybridized carbons (Fsp3) is 0.250. The molecule has 23 heavy (non-hydrogen) atoms. The van der Waals surface area contributed by atoms with Crippen molar-refractivity contribution in [2.45, 2.75) is 18.4 Å². The second kappa shape index (κ2) is 6.17. The number of halogens is 1. The van der Waals surface area contributed by atoms with Crippen molar-refractivity contribution in [2.24, 2.45) is 0 Å². The van der Waals surface area contributed by atoms with Gasteiger partial charge in [0.15, 0.2) is 11.5 Å². The van der Waals surface area contributed by atoms with E-state index in [4.69, 9.17) is 9.47 Å². The van der Waals surface area contributed by atoms with E-state index in [0.717, 1.165) is 6.07 Å². The molecule has 7 heteroatoms. The van der Waals surface area contributed by atoms with Gasteiger partial charge in [-0.3, -0.25) is 0 Å². The summed E-state index contributed by atoms with van der Waals surface area (Å²) in [5.41, 5.74) is 1.31. The molecule has 2 aromatic rings. The molecule has 5 nitrogen and oxygen atoms in total. The first-order valence-electron chi connectivity index (χ1n) is 7.11. The van der Waals surface area contributed by atoms with Crippen molar-refractivity contribution in [3.63, 3.8) is 0 Å². The lowest BCUT2D eigenvalue weighted by molar-refractivity contribution is 0.170. The number of hydrogen-bond donors (Lipinski definition) is 1. The molecule has 1 N–H and O–H groups in total. The zero-order valence-corrected chi connectivity index (χ0v) is 13.3. The molecular formula is C16H16FNO4S. The average molecular weight is 337 g/mol. The van der Waals surface area contributed by atoms with Gasteiger partial charge in [-0.05, 0) is 30.7 Å². The SMILES string of the molecule is Cc1ccc(F)c(S(=O)(=O)NCc2cccc3c2OCCO3)c1. The average Bonchev–Trinajstić information content (AvgIpc) is 2.55. The summed E-state index contributed by atoms with van der Waals surface area (Å²) in [4.78, 5) is -0.362. The normalized spacial score (nSPS) is 13.8. The zero-order chi connectivity index (χ0) is 16.4. The molecule has 0 amide bonds. The van der Waals surface area contributed by atoms with Crippen LogP contribution >= 0.6 is 0 Å². The fourth-order valence-electron chi connectivity index (χ4n) is 2.34. The highest BCUT2D eigenvalue weighted by Gasteiger charge is 2.21. The van der Waals surface area contributed by atoms with Crippen LogP contribution in [0.3, 0.4) is 0 Å². The molecule has 1 aliphatic rings. The van der Waals surface area contributed by atoms with Crippen LogP contribution in [-0.4, -0.2) is 21.6 Å². The topological polar surface area (TPSA) is 64.6 Å². The maximum Gasteiger partial charge on any atom is 0.243 e. The number of nitrogens with one attached hydrogen (secondary N) is 1. The summed E-state index contributed by atoms with van der Waals surface area (Å²) in [7, 11) is -3.96. The van der Waals surface area contributed by atoms with Gasteiger partial charge in [-0.2, -0.15) is 0 Å². The number of sulfonamides is 1. The molecule has 0 saturated heterocycles. The lowest BCUT2D eigenvalue weighted by atomic mass is 10.2. The largest absolute Gasteiger partial charge is 0.486 e. The van der Waals surface area contributed by atoms with E-state index < -0.39 is 15.8 Å². The molecule has 1 aliphatic heterocycles. The molecule has 3 rings (SSSR count). The molecule has 0 unspecified atom stereocenters. The quantitative estimate of drug-likeness (QED) is 0.930. The Morgan fingerprint density at radius 1 is 1.17 bits per heavy atom. The van der Waals surface area contributed by atoms with Gasteiger partial charge in [-0.25, -0.2) is 17.5 Å². The number of para-hydroxylation sites is 1. The second-order valence-electron chi connectivity index (χ2n) is 5.20. The maximum atomic E-state index is 13.8. The van der Waals surface area contributed by atoms with E-state index in [-0.39, 0.29) is 11.4 Å². The molecule has 2 aromatic carbocycles. The molecule has 0 aliphatic carbocycles. The predicted molar refractivity (Wildman–Crippen MR) is 82.6 cm³/mol. The van der Waals surface area contributed by atoms with Crippen molar-refractivity contribution in [3.05, 3.63) is 53.3 Å². The molecule has 0 radical (unpaired) electrons. The monoisotopic (exact) mass is 337 g/mol. The molecule has 0 saturated carbocycles. The standard InChI is InChI=1S/C16H16FNO4S/c1-11-5-6-13(17)15(9-11)23(19,20)18-10-12-3-2-4-14-16(12)22-8-7-21-14/h2-6,9,18H,7-8,10H2,1H3. The minimum atomic E-state index is -3.96. The minimum Gasteiger partial charge on any atom is -0.486 e. The first-order chi connectivity index (χ1) is 11.0. The van der Waals surface area contributed by atoms with Crippen molar-refractivity contribution >= 4 is 10.0 Å². The predicted octanol–water partition coefficient (Wildman–Crippen LogP) is 2.38. The summed E-state index contributed by atoms with van der Waals surface area (Å²) in [6.07, 6.45) is 0. The Kier molecular flexibility index (Phi) is 4.23. The Bertz CT molecular complexity index is 836. The number of aryl methyl sites for hydroxylation is 1. The summed E-state index contributed by atoms with van der Waals surface area (Å²) in [6.45, 7) is 2.55.